The number of halogens is 8. The van der Waals surface area contributed by atoms with Crippen molar-refractivity contribution < 1.29 is 57.9 Å². The Kier molecular flexibility index (Phi) is 10.5. The Bertz CT molecular complexity index is 1960. The lowest BCUT2D eigenvalue weighted by molar-refractivity contribution is -0.392. The van der Waals surface area contributed by atoms with Crippen molar-refractivity contribution in [2.45, 2.75) is 60.4 Å². The van der Waals surface area contributed by atoms with Gasteiger partial charge in [0.2, 0.25) is 11.8 Å². The molecule has 8 nitrogen and oxygen atoms in total. The van der Waals surface area contributed by atoms with Gasteiger partial charge in [-0.3, -0.25) is 9.59 Å². The van der Waals surface area contributed by atoms with E-state index in [0.717, 1.165) is 54.6 Å². The fraction of sp³-hybridized carbons (Fsp3) is 0.400. The van der Waals surface area contributed by atoms with Crippen molar-refractivity contribution >= 4 is 21.7 Å². The molecule has 0 radical (unpaired) electrons. The zero-order valence-electron chi connectivity index (χ0n) is 27.4. The lowest BCUT2D eigenvalue weighted by Crippen LogP contribution is -2.56. The summed E-state index contributed by atoms with van der Waals surface area (Å²) in [5, 5.41) is 9.26. The van der Waals surface area contributed by atoms with E-state index in [1.807, 2.05) is 0 Å². The summed E-state index contributed by atoms with van der Waals surface area (Å²) in [5.41, 5.74) is -8.20. The standard InChI is InChI=1S/C35H31F8N3O5S/c1-22(47)45-16-13-23(14-17-45)31(48)46-18-15-32(21-46,52(49,50)28-11-9-27(36)10-12-28)25-5-7-26(8-6-25)33(34(38,39)40,35(41,42)43)51-20-29-24(19-44)3-2-4-30(29)37/h2-12,23H,13-18,20-21H2,1H3/t32-/m0/s1. The first-order valence-electron chi connectivity index (χ1n) is 15.9. The topological polar surface area (TPSA) is 108 Å². The lowest BCUT2D eigenvalue weighted by Gasteiger charge is -2.38. The maximum Gasteiger partial charge on any atom is 0.430 e. The lowest BCUT2D eigenvalue weighted by atomic mass is 9.88. The third-order valence-electron chi connectivity index (χ3n) is 9.76. The fourth-order valence-electron chi connectivity index (χ4n) is 6.85. The number of sulfone groups is 1. The second kappa shape index (κ2) is 14.1. The number of carbonyl (C=O) groups excluding carboxylic acids is 2. The Morgan fingerprint density at radius 1 is 0.885 bits per heavy atom. The molecule has 278 valence electrons. The van der Waals surface area contributed by atoms with Crippen molar-refractivity contribution in [2.75, 3.05) is 26.2 Å². The molecule has 1 atom stereocenters. The van der Waals surface area contributed by atoms with E-state index in [1.54, 1.807) is 4.90 Å². The normalized spacial score (nSPS) is 19.1. The molecular formula is C35H31F8N3O5S. The van der Waals surface area contributed by atoms with Crippen molar-refractivity contribution in [3.8, 4) is 6.07 Å². The molecule has 2 fully saturated rings. The van der Waals surface area contributed by atoms with Crippen molar-refractivity contribution in [3.63, 3.8) is 0 Å². The monoisotopic (exact) mass is 757 g/mol. The number of carbonyl (C=O) groups is 2. The van der Waals surface area contributed by atoms with Crippen LogP contribution in [-0.2, 0) is 41.1 Å². The maximum atomic E-state index is 14.7. The molecule has 2 aliphatic heterocycles. The molecule has 52 heavy (non-hydrogen) atoms. The van der Waals surface area contributed by atoms with E-state index in [4.69, 9.17) is 0 Å². The van der Waals surface area contributed by atoms with Gasteiger partial charge in [0, 0.05) is 50.1 Å². The molecule has 0 N–H and O–H groups in total. The highest BCUT2D eigenvalue weighted by Gasteiger charge is 2.73. The Morgan fingerprint density at radius 2 is 1.48 bits per heavy atom. The molecule has 0 aromatic heterocycles. The highest BCUT2D eigenvalue weighted by molar-refractivity contribution is 7.92. The van der Waals surface area contributed by atoms with Crippen LogP contribution in [0, 0.1) is 28.9 Å². The average molecular weight is 758 g/mol. The third-order valence-corrected chi connectivity index (χ3v) is 12.3. The summed E-state index contributed by atoms with van der Waals surface area (Å²) in [6, 6.07) is 10.3. The quantitative estimate of drug-likeness (QED) is 0.191. The Balaban J connectivity index is 1.57. The SMILES string of the molecule is CC(=O)N1CCC(C(=O)N2CC[C@](c3ccc(C(OCc4c(F)cccc4C#N)(C(F)(F)F)C(F)(F)F)cc3)(S(=O)(=O)c3ccc(F)cc3)C2)CC1. The van der Waals surface area contributed by atoms with Crippen LogP contribution in [0.1, 0.15) is 48.4 Å². The molecule has 5 rings (SSSR count). The number of nitrogens with zero attached hydrogens (tertiary/aromatic N) is 3. The molecule has 0 bridgehead atoms. The number of alkyl halides is 6. The van der Waals surface area contributed by atoms with Gasteiger partial charge in [-0.25, -0.2) is 17.2 Å². The van der Waals surface area contributed by atoms with E-state index in [0.29, 0.717) is 25.0 Å². The molecule has 2 aliphatic rings. The minimum absolute atomic E-state index is 0.143. The predicted octanol–water partition coefficient (Wildman–Crippen LogP) is 6.53. The van der Waals surface area contributed by atoms with Gasteiger partial charge < -0.3 is 14.5 Å². The smallest absolute Gasteiger partial charge is 0.349 e. The van der Waals surface area contributed by atoms with Gasteiger partial charge in [-0.05, 0) is 61.2 Å². The van der Waals surface area contributed by atoms with E-state index < -0.39 is 90.7 Å². The minimum atomic E-state index is -6.20. The van der Waals surface area contributed by atoms with Crippen LogP contribution in [0.4, 0.5) is 35.1 Å². The number of hydrogen-bond donors (Lipinski definition) is 0. The Labute approximate surface area is 293 Å². The van der Waals surface area contributed by atoms with E-state index in [9.17, 15) is 58.4 Å². The third kappa shape index (κ3) is 6.73. The Morgan fingerprint density at radius 3 is 2.02 bits per heavy atom. The summed E-state index contributed by atoms with van der Waals surface area (Å²) in [5.74, 6) is -3.22. The zero-order valence-corrected chi connectivity index (χ0v) is 28.2. The van der Waals surface area contributed by atoms with Crippen LogP contribution in [0.5, 0.6) is 0 Å². The first kappa shape index (κ1) is 38.7. The van der Waals surface area contributed by atoms with Gasteiger partial charge in [-0.1, -0.05) is 30.3 Å². The summed E-state index contributed by atoms with van der Waals surface area (Å²) in [4.78, 5) is 27.8. The average Bonchev–Trinajstić information content (AvgIpc) is 3.55. The van der Waals surface area contributed by atoms with Gasteiger partial charge in [-0.2, -0.15) is 31.6 Å². The van der Waals surface area contributed by atoms with E-state index in [1.165, 1.54) is 17.9 Å². The maximum absolute atomic E-state index is 14.7. The van der Waals surface area contributed by atoms with Crippen LogP contribution in [0.2, 0.25) is 0 Å². The van der Waals surface area contributed by atoms with E-state index >= 15 is 0 Å². The van der Waals surface area contributed by atoms with Gasteiger partial charge >= 0.3 is 12.4 Å². The first-order chi connectivity index (χ1) is 24.3. The van der Waals surface area contributed by atoms with Gasteiger partial charge in [0.05, 0.1) is 23.1 Å². The number of rotatable bonds is 8. The van der Waals surface area contributed by atoms with Crippen LogP contribution in [-0.4, -0.2) is 68.6 Å². The highest BCUT2D eigenvalue weighted by Crippen LogP contribution is 2.54. The number of ether oxygens (including phenoxy) is 1. The number of nitriles is 1. The predicted molar refractivity (Wildman–Crippen MR) is 168 cm³/mol. The van der Waals surface area contributed by atoms with Gasteiger partial charge in [-0.15, -0.1) is 0 Å². The highest BCUT2D eigenvalue weighted by atomic mass is 32.2. The zero-order chi connectivity index (χ0) is 38.3. The van der Waals surface area contributed by atoms with Crippen LogP contribution in [0.15, 0.2) is 71.6 Å². The van der Waals surface area contributed by atoms with E-state index in [-0.39, 0.29) is 37.5 Å². The summed E-state index contributed by atoms with van der Waals surface area (Å²) in [6.07, 6.45) is -12.1. The second-order valence-electron chi connectivity index (χ2n) is 12.7. The molecule has 0 spiro atoms. The molecule has 17 heteroatoms. The molecular weight excluding hydrogens is 726 g/mol. The van der Waals surface area contributed by atoms with Crippen LogP contribution in [0.3, 0.4) is 0 Å². The number of benzene rings is 3. The summed E-state index contributed by atoms with van der Waals surface area (Å²) >= 11 is 0. The second-order valence-corrected chi connectivity index (χ2v) is 14.9. The molecule has 3 aromatic carbocycles. The van der Waals surface area contributed by atoms with Crippen molar-refractivity contribution in [3.05, 3.63) is 101 Å². The van der Waals surface area contributed by atoms with Crippen molar-refractivity contribution in [1.29, 1.82) is 5.26 Å². The van der Waals surface area contributed by atoms with Gasteiger partial charge in [0.1, 0.15) is 16.4 Å². The number of likely N-dealkylation sites (tertiary alicyclic amines) is 2. The van der Waals surface area contributed by atoms with Crippen molar-refractivity contribution in [1.82, 2.24) is 9.80 Å². The van der Waals surface area contributed by atoms with Crippen LogP contribution >= 0.6 is 0 Å². The molecule has 0 unspecified atom stereocenters. The first-order valence-corrected chi connectivity index (χ1v) is 17.4. The van der Waals surface area contributed by atoms with Crippen molar-refractivity contribution in [2.24, 2.45) is 5.92 Å². The largest absolute Gasteiger partial charge is 0.430 e. The number of piperidine rings is 1. The summed E-state index contributed by atoms with van der Waals surface area (Å²) in [6.45, 7) is -0.316. The Hall–Kier alpha value is -4.56. The number of amides is 2. The molecule has 2 amide bonds. The van der Waals surface area contributed by atoms with E-state index in [2.05, 4.69) is 4.74 Å². The molecule has 0 saturated carbocycles. The molecule has 0 aliphatic carbocycles. The molecule has 3 aromatic rings. The number of hydrogen-bond acceptors (Lipinski definition) is 6. The minimum Gasteiger partial charge on any atom is -0.349 e. The summed E-state index contributed by atoms with van der Waals surface area (Å²) < 4.78 is 147. The van der Waals surface area contributed by atoms with Crippen LogP contribution in [0.25, 0.3) is 0 Å². The summed E-state index contributed by atoms with van der Waals surface area (Å²) in [7, 11) is -4.61. The fourth-order valence-corrected chi connectivity index (χ4v) is 8.93. The van der Waals surface area contributed by atoms with Gasteiger partial charge in [0.15, 0.2) is 9.84 Å². The van der Waals surface area contributed by atoms with Crippen LogP contribution < -0.4 is 0 Å². The molecule has 2 heterocycles. The molecule has 2 saturated heterocycles. The van der Waals surface area contributed by atoms with Gasteiger partial charge in [0.25, 0.3) is 5.60 Å².